The van der Waals surface area contributed by atoms with Crippen molar-refractivity contribution in [3.63, 3.8) is 0 Å². The maximum Gasteiger partial charge on any atom is 0.165 e. The van der Waals surface area contributed by atoms with Gasteiger partial charge in [-0.2, -0.15) is 20.4 Å². The average molecular weight is 1370 g/mol. The van der Waals surface area contributed by atoms with Gasteiger partial charge in [-0.05, 0) is 156 Å². The summed E-state index contributed by atoms with van der Waals surface area (Å²) in [7, 11) is 4.08. The highest BCUT2D eigenvalue weighted by atomic mass is 35.5. The first kappa shape index (κ1) is 67.3. The number of hydrogen-bond acceptors (Lipinski definition) is 20. The molecule has 6 N–H and O–H groups in total. The molecule has 16 bridgehead atoms. The molecule has 8 aromatic heterocycles. The normalized spacial score (nSPS) is 16.4. The molecule has 0 saturated heterocycles. The molecule has 514 valence electrons. The number of nitrogens with zero attached hydrogens (tertiary/aromatic N) is 14. The van der Waals surface area contributed by atoms with Crippen molar-refractivity contribution in [2.24, 2.45) is 0 Å². The van der Waals surface area contributed by atoms with Crippen LogP contribution in [0, 0.1) is 17.5 Å². The molecule has 1 unspecified atom stereocenters. The molecule has 4 aromatic carbocycles. The molecule has 0 amide bonds. The highest BCUT2D eigenvalue weighted by Crippen LogP contribution is 2.36. The molecule has 12 aromatic rings. The van der Waals surface area contributed by atoms with Gasteiger partial charge in [0.15, 0.2) is 22.6 Å². The molecule has 4 aliphatic rings. The molecule has 0 aliphatic carbocycles. The molecule has 1 atom stereocenters. The van der Waals surface area contributed by atoms with Crippen molar-refractivity contribution in [2.45, 2.75) is 38.7 Å². The first-order chi connectivity index (χ1) is 48.4. The molecule has 0 radical (unpaired) electrons. The Morgan fingerprint density at radius 1 is 0.414 bits per heavy atom. The van der Waals surface area contributed by atoms with Gasteiger partial charge in [-0.1, -0.05) is 11.6 Å². The number of fused-ring (bicyclic) bond motifs is 16. The Kier molecular flexibility index (Phi) is 21.7. The van der Waals surface area contributed by atoms with Crippen molar-refractivity contribution in [3.05, 3.63) is 169 Å². The van der Waals surface area contributed by atoms with Crippen LogP contribution in [0.15, 0.2) is 147 Å². The van der Waals surface area contributed by atoms with Gasteiger partial charge in [-0.25, -0.2) is 51.2 Å². The summed E-state index contributed by atoms with van der Waals surface area (Å²) in [5, 5.41) is 38.0. The van der Waals surface area contributed by atoms with Crippen LogP contribution in [-0.4, -0.2) is 182 Å². The van der Waals surface area contributed by atoms with Gasteiger partial charge in [0.05, 0.1) is 38.0 Å². The maximum absolute atomic E-state index is 14.5. The summed E-state index contributed by atoms with van der Waals surface area (Å²) in [4.78, 5) is 22.9. The second kappa shape index (κ2) is 31.9. The Morgan fingerprint density at radius 3 is 1.43 bits per heavy atom. The third-order valence-corrected chi connectivity index (χ3v) is 17.2. The summed E-state index contributed by atoms with van der Waals surface area (Å²) in [6.07, 6.45) is 17.9. The van der Waals surface area contributed by atoms with Crippen LogP contribution in [0.1, 0.15) is 32.6 Å². The van der Waals surface area contributed by atoms with Crippen LogP contribution >= 0.6 is 11.6 Å². The molecule has 16 rings (SSSR count). The van der Waals surface area contributed by atoms with E-state index in [0.717, 1.165) is 150 Å². The van der Waals surface area contributed by atoms with Gasteiger partial charge >= 0.3 is 0 Å². The minimum atomic E-state index is -0.322. The highest BCUT2D eigenvalue weighted by molar-refractivity contribution is 6.33. The number of aromatic nitrogens is 12. The van der Waals surface area contributed by atoms with Gasteiger partial charge in [0.2, 0.25) is 0 Å². The summed E-state index contributed by atoms with van der Waals surface area (Å²) in [5.74, 6) is 4.96. The van der Waals surface area contributed by atoms with Gasteiger partial charge in [0.1, 0.15) is 76.4 Å². The Bertz CT molecular complexity index is 4720. The van der Waals surface area contributed by atoms with Crippen molar-refractivity contribution in [3.8, 4) is 67.5 Å². The van der Waals surface area contributed by atoms with Crippen LogP contribution in [0.3, 0.4) is 0 Å². The van der Waals surface area contributed by atoms with E-state index in [9.17, 15) is 13.2 Å². The van der Waals surface area contributed by atoms with Crippen molar-refractivity contribution >= 4 is 57.5 Å². The zero-order chi connectivity index (χ0) is 68.0. The van der Waals surface area contributed by atoms with Crippen LogP contribution in [-0.2, 0) is 0 Å². The number of hydrogen-bond donors (Lipinski definition) is 6. The van der Waals surface area contributed by atoms with Gasteiger partial charge in [0.25, 0.3) is 0 Å². The van der Waals surface area contributed by atoms with Crippen molar-refractivity contribution in [2.75, 3.05) is 133 Å². The zero-order valence-electron chi connectivity index (χ0n) is 55.3. The smallest absolute Gasteiger partial charge is 0.165 e. The monoisotopic (exact) mass is 1370 g/mol. The zero-order valence-corrected chi connectivity index (χ0v) is 56.0. The van der Waals surface area contributed by atoms with Gasteiger partial charge in [0, 0.05) is 140 Å². The Hall–Kier alpha value is -10.3. The summed E-state index contributed by atoms with van der Waals surface area (Å²) < 4.78 is 73.3. The molecule has 0 spiro atoms. The van der Waals surface area contributed by atoms with Crippen molar-refractivity contribution in [1.29, 1.82) is 0 Å². The molecule has 24 nitrogen and oxygen atoms in total. The van der Waals surface area contributed by atoms with E-state index in [0.29, 0.717) is 92.4 Å². The van der Waals surface area contributed by atoms with E-state index < -0.39 is 0 Å². The summed E-state index contributed by atoms with van der Waals surface area (Å²) in [5.41, 5.74) is 7.68. The predicted molar refractivity (Wildman–Crippen MR) is 378 cm³/mol. The largest absolute Gasteiger partial charge is 0.494 e. The van der Waals surface area contributed by atoms with Gasteiger partial charge in [-0.3, -0.25) is 0 Å². The minimum Gasteiger partial charge on any atom is -0.494 e. The lowest BCUT2D eigenvalue weighted by atomic mass is 10.1. The fourth-order valence-electron chi connectivity index (χ4n) is 11.6. The topological polar surface area (TPSA) is 236 Å². The lowest BCUT2D eigenvalue weighted by Gasteiger charge is -2.18. The third kappa shape index (κ3) is 16.6. The van der Waals surface area contributed by atoms with E-state index in [1.807, 2.05) is 81.2 Å². The lowest BCUT2D eigenvalue weighted by Crippen LogP contribution is -2.30. The maximum atomic E-state index is 14.5. The van der Waals surface area contributed by atoms with E-state index >= 15 is 0 Å². The van der Waals surface area contributed by atoms with Crippen LogP contribution in [0.2, 0.25) is 5.02 Å². The number of rotatable bonds is 0. The van der Waals surface area contributed by atoms with E-state index in [1.165, 1.54) is 18.2 Å². The minimum absolute atomic E-state index is 0.0113. The molecular weight excluding hydrogens is 1290 g/mol. The summed E-state index contributed by atoms with van der Waals surface area (Å²) in [6, 6.07) is 27.7. The Balaban J connectivity index is 0.000000119. The average Bonchev–Trinajstić information content (AvgIpc) is 1.71. The van der Waals surface area contributed by atoms with E-state index in [1.54, 1.807) is 79.2 Å². The van der Waals surface area contributed by atoms with Crippen LogP contribution in [0.25, 0.3) is 67.1 Å². The van der Waals surface area contributed by atoms with Crippen LogP contribution in [0.5, 0.6) is 23.0 Å². The third-order valence-electron chi connectivity index (χ3n) is 16.9. The summed E-state index contributed by atoms with van der Waals surface area (Å²) in [6.45, 7) is 14.0. The van der Waals surface area contributed by atoms with Crippen LogP contribution < -0.4 is 55.7 Å². The first-order valence-corrected chi connectivity index (χ1v) is 33.7. The predicted octanol–water partition coefficient (Wildman–Crippen LogP) is 10.5. The molecular formula is C71H78ClF3N20O4. The number of ether oxygens (including phenoxy) is 4. The number of halogens is 4. The number of anilines is 4. The number of benzene rings is 4. The standard InChI is InChI=1S/3C18H20FN5O.C17H18ClN5O/c1-23-7-2-10-25-13-3-4-16(19)14(11-13)15-12-21-24-8-5-17(20-6-9-23)22-18(15)24;1-23-9-7-20-6-2-10-25-13-3-4-16(19)14(11-13)15-12-21-24-8-5-17(23)22-18(15)24;1-12-10-20-6-2-7-21-17-5-8-24-18(23-17)15(11-22-24)14-9-13(25-12)3-4-16(14)19;18-15-3-2-12-10-13(15)14-11-21-23-8-4-16(22-17(14)23)20-6-1-5-19-7-9-24-12/h3-5,8,11-12H,2,6-7,9-10H2,1H3,(H,20,22);3-5,8,11-12,20H,2,6-7,9-10H2,1H3;3-5,8-9,11-12,20H,2,6-7,10H2,1H3,(H,21,23);2-4,8,10-11,19H,1,5-7,9H2,(H,20,22). The first-order valence-electron chi connectivity index (χ1n) is 33.3. The molecule has 4 aliphatic heterocycles. The second-order valence-corrected chi connectivity index (χ2v) is 24.6. The molecule has 0 saturated carbocycles. The van der Waals surface area contributed by atoms with Crippen molar-refractivity contribution < 1.29 is 32.1 Å². The van der Waals surface area contributed by atoms with Gasteiger partial charge < -0.3 is 60.6 Å². The number of likely N-dealkylation sites (N-methyl/N-ethyl adjacent to an activating group) is 2. The van der Waals surface area contributed by atoms with E-state index in [4.69, 9.17) is 40.5 Å². The van der Waals surface area contributed by atoms with Crippen molar-refractivity contribution in [1.82, 2.24) is 79.2 Å². The van der Waals surface area contributed by atoms with E-state index in [2.05, 4.69) is 79.1 Å². The SMILES string of the molecule is CC1CNCCCNc2ccn3ncc(c3n2)-c2cc(ccc2F)O1.CN1CCCOc2ccc(F)c(c2)-c2cnn3ccc(nc23)NCC1.CN1CCNCCCOc2ccc(F)c(c2)-c2cnn3ccc1nc23.Clc1ccc2cc1-c1cnn3ccc(nc13)NCCCNCCO2. The second-order valence-electron chi connectivity index (χ2n) is 24.2. The lowest BCUT2D eigenvalue weighted by molar-refractivity contribution is 0.217. The number of nitrogens with one attached hydrogen (secondary N) is 6. The Morgan fingerprint density at radius 2 is 0.859 bits per heavy atom. The Labute approximate surface area is 574 Å². The molecule has 12 heterocycles. The fourth-order valence-corrected chi connectivity index (χ4v) is 11.8. The van der Waals surface area contributed by atoms with Crippen LogP contribution in [0.4, 0.5) is 36.4 Å². The summed E-state index contributed by atoms with van der Waals surface area (Å²) >= 11 is 6.41. The quantitative estimate of drug-likeness (QED) is 0.0828. The van der Waals surface area contributed by atoms with Gasteiger partial charge in [-0.15, -0.1) is 0 Å². The molecule has 28 heteroatoms. The highest BCUT2D eigenvalue weighted by Gasteiger charge is 2.21. The molecule has 99 heavy (non-hydrogen) atoms. The molecule has 0 fully saturated rings. The fraction of sp³-hybridized carbons (Fsp3) is 0.324. The van der Waals surface area contributed by atoms with E-state index in [-0.39, 0.29) is 23.6 Å².